The van der Waals surface area contributed by atoms with Crippen LogP contribution in [-0.2, 0) is 4.74 Å². The highest BCUT2D eigenvalue weighted by Crippen LogP contribution is 2.21. The number of thioether (sulfide) groups is 1. The second-order valence-electron chi connectivity index (χ2n) is 4.15. The topological polar surface area (TPSA) is 32.7 Å². The predicted molar refractivity (Wildman–Crippen MR) is 78.0 cm³/mol. The molecule has 0 unspecified atom stereocenters. The van der Waals surface area contributed by atoms with Gasteiger partial charge in [0, 0.05) is 18.0 Å². The molecule has 0 saturated carbocycles. The fourth-order valence-corrected chi connectivity index (χ4v) is 2.68. The average molecular weight is 290 g/mol. The van der Waals surface area contributed by atoms with Crippen LogP contribution in [0.3, 0.4) is 0 Å². The highest BCUT2D eigenvalue weighted by molar-refractivity contribution is 7.99. The van der Waals surface area contributed by atoms with Crippen LogP contribution in [0.4, 0.5) is 0 Å². The highest BCUT2D eigenvalue weighted by Gasteiger charge is 2.09. The van der Waals surface area contributed by atoms with Crippen LogP contribution >= 0.6 is 24.2 Å². The molecule has 0 spiro atoms. The van der Waals surface area contributed by atoms with E-state index < -0.39 is 0 Å². The van der Waals surface area contributed by atoms with Crippen LogP contribution in [0.15, 0.2) is 29.2 Å². The Morgan fingerprint density at radius 1 is 1.17 bits per heavy atom. The third-order valence-corrected chi connectivity index (χ3v) is 3.93. The van der Waals surface area contributed by atoms with E-state index in [4.69, 9.17) is 4.74 Å². The van der Waals surface area contributed by atoms with Gasteiger partial charge in [-0.3, -0.25) is 4.90 Å². The predicted octanol–water partition coefficient (Wildman–Crippen LogP) is 2.63. The van der Waals surface area contributed by atoms with Gasteiger partial charge >= 0.3 is 0 Å². The van der Waals surface area contributed by atoms with Crippen molar-refractivity contribution in [3.05, 3.63) is 24.3 Å². The molecule has 102 valence electrons. The zero-order valence-electron chi connectivity index (χ0n) is 10.4. The Labute approximate surface area is 119 Å². The van der Waals surface area contributed by atoms with Gasteiger partial charge in [0.2, 0.25) is 0 Å². The van der Waals surface area contributed by atoms with E-state index in [0.717, 1.165) is 38.6 Å². The second-order valence-corrected chi connectivity index (χ2v) is 5.32. The normalized spacial score (nSPS) is 16.2. The number of benzene rings is 1. The number of morpholine rings is 1. The first-order valence-corrected chi connectivity index (χ1v) is 7.05. The van der Waals surface area contributed by atoms with Crippen molar-refractivity contribution in [3.8, 4) is 5.75 Å². The lowest BCUT2D eigenvalue weighted by molar-refractivity contribution is 0.0381. The first-order chi connectivity index (χ1) is 8.34. The number of hydrogen-bond donors (Lipinski definition) is 1. The van der Waals surface area contributed by atoms with Crippen molar-refractivity contribution in [2.24, 2.45) is 0 Å². The molecule has 1 aliphatic rings. The standard InChI is InChI=1S/C13H19NO2S.ClH/c15-12-2-4-13(5-3-12)17-11-1-6-14-7-9-16-10-8-14;/h2-5,15H,1,6-11H2;1H. The van der Waals surface area contributed by atoms with Crippen molar-refractivity contribution >= 4 is 24.2 Å². The summed E-state index contributed by atoms with van der Waals surface area (Å²) in [7, 11) is 0. The highest BCUT2D eigenvalue weighted by atomic mass is 35.5. The van der Waals surface area contributed by atoms with E-state index >= 15 is 0 Å². The molecule has 1 heterocycles. The number of ether oxygens (including phenoxy) is 1. The van der Waals surface area contributed by atoms with Crippen LogP contribution < -0.4 is 0 Å². The van der Waals surface area contributed by atoms with Gasteiger partial charge in [-0.1, -0.05) is 0 Å². The number of halogens is 1. The summed E-state index contributed by atoms with van der Waals surface area (Å²) in [5.41, 5.74) is 0. The van der Waals surface area contributed by atoms with E-state index in [1.54, 1.807) is 12.1 Å². The van der Waals surface area contributed by atoms with Crippen molar-refractivity contribution in [2.75, 3.05) is 38.6 Å². The molecule has 0 aliphatic carbocycles. The molecule has 2 rings (SSSR count). The Kier molecular flexibility index (Phi) is 7.51. The van der Waals surface area contributed by atoms with Gasteiger partial charge in [0.1, 0.15) is 5.75 Å². The SMILES string of the molecule is Cl.Oc1ccc(SCCCN2CCOCC2)cc1. The van der Waals surface area contributed by atoms with Crippen LogP contribution in [0.1, 0.15) is 6.42 Å². The van der Waals surface area contributed by atoms with Crippen molar-refractivity contribution in [1.82, 2.24) is 4.90 Å². The van der Waals surface area contributed by atoms with Gasteiger partial charge in [-0.2, -0.15) is 0 Å². The average Bonchev–Trinajstić information content (AvgIpc) is 2.38. The number of phenols is 1. The molecule has 0 atom stereocenters. The van der Waals surface area contributed by atoms with Gasteiger partial charge in [0.25, 0.3) is 0 Å². The molecule has 18 heavy (non-hydrogen) atoms. The lowest BCUT2D eigenvalue weighted by atomic mass is 10.3. The van der Waals surface area contributed by atoms with Crippen molar-refractivity contribution in [3.63, 3.8) is 0 Å². The van der Waals surface area contributed by atoms with Gasteiger partial charge < -0.3 is 9.84 Å². The molecule has 1 aromatic rings. The van der Waals surface area contributed by atoms with E-state index in [-0.39, 0.29) is 12.4 Å². The third kappa shape index (κ3) is 5.48. The number of phenolic OH excluding ortho intramolecular Hbond substituents is 1. The molecule has 1 aromatic carbocycles. The first kappa shape index (κ1) is 15.6. The minimum absolute atomic E-state index is 0. The summed E-state index contributed by atoms with van der Waals surface area (Å²) >= 11 is 1.85. The Morgan fingerprint density at radius 2 is 1.83 bits per heavy atom. The Hall–Kier alpha value is -0.420. The molecule has 1 saturated heterocycles. The molecule has 0 amide bonds. The maximum atomic E-state index is 9.17. The van der Waals surface area contributed by atoms with Crippen LogP contribution in [0.5, 0.6) is 5.75 Å². The number of hydrogen-bond acceptors (Lipinski definition) is 4. The van der Waals surface area contributed by atoms with Crippen LogP contribution in [0, 0.1) is 0 Å². The van der Waals surface area contributed by atoms with Crippen molar-refractivity contribution in [1.29, 1.82) is 0 Å². The van der Waals surface area contributed by atoms with Gasteiger partial charge in [0.05, 0.1) is 13.2 Å². The van der Waals surface area contributed by atoms with E-state index in [2.05, 4.69) is 4.90 Å². The molecular weight excluding hydrogens is 270 g/mol. The molecule has 0 bridgehead atoms. The van der Waals surface area contributed by atoms with Crippen molar-refractivity contribution < 1.29 is 9.84 Å². The molecular formula is C13H20ClNO2S. The molecule has 1 aliphatic heterocycles. The molecule has 0 aromatic heterocycles. The van der Waals surface area contributed by atoms with Crippen LogP contribution in [0.25, 0.3) is 0 Å². The zero-order valence-corrected chi connectivity index (χ0v) is 12.0. The smallest absolute Gasteiger partial charge is 0.115 e. The number of nitrogens with zero attached hydrogens (tertiary/aromatic N) is 1. The summed E-state index contributed by atoms with van der Waals surface area (Å²) in [6.07, 6.45) is 1.20. The maximum Gasteiger partial charge on any atom is 0.115 e. The quantitative estimate of drug-likeness (QED) is 0.667. The number of rotatable bonds is 5. The Bertz CT molecular complexity index is 328. The first-order valence-electron chi connectivity index (χ1n) is 6.06. The summed E-state index contributed by atoms with van der Waals surface area (Å²) in [4.78, 5) is 3.69. The Balaban J connectivity index is 0.00000162. The molecule has 5 heteroatoms. The van der Waals surface area contributed by atoms with E-state index in [1.165, 1.54) is 11.3 Å². The van der Waals surface area contributed by atoms with Crippen LogP contribution in [-0.4, -0.2) is 48.6 Å². The van der Waals surface area contributed by atoms with Gasteiger partial charge in [0.15, 0.2) is 0 Å². The van der Waals surface area contributed by atoms with Gasteiger partial charge in [-0.15, -0.1) is 24.2 Å². The minimum atomic E-state index is 0. The lowest BCUT2D eigenvalue weighted by Crippen LogP contribution is -2.36. The largest absolute Gasteiger partial charge is 0.508 e. The summed E-state index contributed by atoms with van der Waals surface area (Å²) in [6.45, 7) is 5.07. The second kappa shape index (κ2) is 8.64. The minimum Gasteiger partial charge on any atom is -0.508 e. The molecule has 3 nitrogen and oxygen atoms in total. The molecule has 1 fully saturated rings. The van der Waals surface area contributed by atoms with Crippen molar-refractivity contribution in [2.45, 2.75) is 11.3 Å². The monoisotopic (exact) mass is 289 g/mol. The fraction of sp³-hybridized carbons (Fsp3) is 0.538. The third-order valence-electron chi connectivity index (χ3n) is 2.83. The van der Waals surface area contributed by atoms with E-state index in [9.17, 15) is 5.11 Å². The Morgan fingerprint density at radius 3 is 2.50 bits per heavy atom. The summed E-state index contributed by atoms with van der Waals surface area (Å²) in [6, 6.07) is 7.41. The fourth-order valence-electron chi connectivity index (χ4n) is 1.85. The van der Waals surface area contributed by atoms with E-state index in [1.807, 2.05) is 23.9 Å². The molecule has 0 radical (unpaired) electrons. The lowest BCUT2D eigenvalue weighted by Gasteiger charge is -2.26. The maximum absolute atomic E-state index is 9.17. The van der Waals surface area contributed by atoms with Gasteiger partial charge in [-0.25, -0.2) is 0 Å². The zero-order chi connectivity index (χ0) is 11.9. The summed E-state index contributed by atoms with van der Waals surface area (Å²) < 4.78 is 5.32. The van der Waals surface area contributed by atoms with Crippen LogP contribution in [0.2, 0.25) is 0 Å². The summed E-state index contributed by atoms with van der Waals surface area (Å²) in [5, 5.41) is 9.17. The number of aromatic hydroxyl groups is 1. The van der Waals surface area contributed by atoms with E-state index in [0.29, 0.717) is 5.75 Å². The van der Waals surface area contributed by atoms with Gasteiger partial charge in [-0.05, 0) is 43.0 Å². The summed E-state index contributed by atoms with van der Waals surface area (Å²) in [5.74, 6) is 1.46. The molecule has 1 N–H and O–H groups in total.